The van der Waals surface area contributed by atoms with Gasteiger partial charge in [0.1, 0.15) is 16.5 Å². The number of halogens is 4. The van der Waals surface area contributed by atoms with Gasteiger partial charge in [0.25, 0.3) is 0 Å². The quantitative estimate of drug-likeness (QED) is 0.208. The van der Waals surface area contributed by atoms with E-state index < -0.39 is 22.9 Å². The zero-order valence-electron chi connectivity index (χ0n) is 19.7. The number of H-pyrrole nitrogens is 1. The van der Waals surface area contributed by atoms with Crippen molar-refractivity contribution in [3.8, 4) is 5.69 Å². The number of carbonyl (C=O) groups excluding carboxylic acids is 1. The molecule has 0 radical (unpaired) electrons. The number of piperidine rings is 1. The lowest BCUT2D eigenvalue weighted by molar-refractivity contribution is -0.137. The number of pyridine rings is 1. The maximum Gasteiger partial charge on any atom is 0.416 e. The number of ketones is 1. The van der Waals surface area contributed by atoms with Crippen molar-refractivity contribution in [3.05, 3.63) is 95.2 Å². The van der Waals surface area contributed by atoms with Crippen LogP contribution in [-0.2, 0) is 12.6 Å². The average Bonchev–Trinajstić information content (AvgIpc) is 3.56. The van der Waals surface area contributed by atoms with E-state index >= 15 is 0 Å². The number of Topliss-reactive ketones (excluding diaryl/α,β-unsaturated/α-hetero) is 1. The highest BCUT2D eigenvalue weighted by atomic mass is 32.2. The topological polar surface area (TPSA) is 79.7 Å². The molecule has 7 nitrogen and oxygen atoms in total. The second kappa shape index (κ2) is 9.21. The van der Waals surface area contributed by atoms with E-state index in [0.29, 0.717) is 18.7 Å². The summed E-state index contributed by atoms with van der Waals surface area (Å²) in [6.07, 6.45) is 4.03. The molecule has 2 aliphatic rings. The first-order valence-corrected chi connectivity index (χ1v) is 12.5. The van der Waals surface area contributed by atoms with Crippen molar-refractivity contribution >= 4 is 23.8 Å². The van der Waals surface area contributed by atoms with E-state index in [0.717, 1.165) is 40.2 Å². The van der Waals surface area contributed by atoms with Crippen LogP contribution in [0.3, 0.4) is 0 Å². The molecule has 0 bridgehead atoms. The summed E-state index contributed by atoms with van der Waals surface area (Å²) in [6, 6.07) is 7.60. The van der Waals surface area contributed by atoms with Gasteiger partial charge in [-0.25, -0.2) is 18.4 Å². The number of carbonyl (C=O) groups is 1. The lowest BCUT2D eigenvalue weighted by atomic mass is 9.65. The molecule has 4 heterocycles. The number of nitrogens with one attached hydrogen (secondary N) is 1. The van der Waals surface area contributed by atoms with E-state index in [2.05, 4.69) is 20.1 Å². The lowest BCUT2D eigenvalue weighted by Gasteiger charge is -2.44. The Morgan fingerprint density at radius 3 is 2.68 bits per heavy atom. The molecular weight excluding hydrogens is 520 g/mol. The van der Waals surface area contributed by atoms with Crippen molar-refractivity contribution in [2.24, 2.45) is 5.41 Å². The standard InChI is InChI=1S/C26H20F4N6OS/c27-19-1-3-20(4-2-19)36-22-10-17-6-8-35(38-23-13-31-15-33-23)14-25(17,11-16(22)12-34-36)24(37)21-9-18(5-7-32-21)26(28,29)30/h1-5,7,9-10,12-13,15H,6,8,11,14H2,(H,31,33). The molecule has 1 unspecified atom stereocenters. The molecule has 12 heteroatoms. The Labute approximate surface area is 218 Å². The highest BCUT2D eigenvalue weighted by molar-refractivity contribution is 7.97. The largest absolute Gasteiger partial charge is 0.416 e. The number of hydrogen-bond acceptors (Lipinski definition) is 6. The van der Waals surface area contributed by atoms with E-state index in [4.69, 9.17) is 0 Å². The van der Waals surface area contributed by atoms with Crippen LogP contribution in [0.5, 0.6) is 0 Å². The first-order valence-electron chi connectivity index (χ1n) is 11.8. The molecule has 1 N–H and O–H groups in total. The van der Waals surface area contributed by atoms with Crippen LogP contribution in [0, 0.1) is 11.2 Å². The number of benzene rings is 1. The number of aromatic nitrogens is 5. The predicted molar refractivity (Wildman–Crippen MR) is 132 cm³/mol. The Kier molecular flexibility index (Phi) is 5.95. The summed E-state index contributed by atoms with van der Waals surface area (Å²) in [7, 11) is 0. The van der Waals surface area contributed by atoms with E-state index in [1.165, 1.54) is 24.1 Å². The number of fused-ring (bicyclic) bond motifs is 2. The molecule has 1 fully saturated rings. The average molecular weight is 541 g/mol. The van der Waals surface area contributed by atoms with Crippen molar-refractivity contribution in [2.75, 3.05) is 13.1 Å². The first kappa shape index (κ1) is 24.6. The van der Waals surface area contributed by atoms with Crippen LogP contribution in [0.1, 0.15) is 33.7 Å². The summed E-state index contributed by atoms with van der Waals surface area (Å²) >= 11 is 1.38. The first-order chi connectivity index (χ1) is 18.2. The summed E-state index contributed by atoms with van der Waals surface area (Å²) in [6.45, 7) is 0.864. The van der Waals surface area contributed by atoms with Crippen molar-refractivity contribution < 1.29 is 22.4 Å². The zero-order valence-corrected chi connectivity index (χ0v) is 20.6. The van der Waals surface area contributed by atoms with Gasteiger partial charge in [0.2, 0.25) is 0 Å². The van der Waals surface area contributed by atoms with Gasteiger partial charge in [-0.3, -0.25) is 9.78 Å². The Morgan fingerprint density at radius 1 is 1.13 bits per heavy atom. The SMILES string of the molecule is O=C(c1cc(C(F)(F)F)ccn1)C12Cc3cnn(-c4ccc(F)cc4)c3C=C1CCN(Sc1c[nH]cn1)C2. The van der Waals surface area contributed by atoms with E-state index in [-0.39, 0.29) is 24.5 Å². The highest BCUT2D eigenvalue weighted by Gasteiger charge is 2.50. The van der Waals surface area contributed by atoms with Crippen molar-refractivity contribution in [1.29, 1.82) is 0 Å². The smallest absolute Gasteiger partial charge is 0.350 e. The summed E-state index contributed by atoms with van der Waals surface area (Å²) in [4.78, 5) is 25.3. The molecule has 3 aromatic heterocycles. The minimum Gasteiger partial charge on any atom is -0.350 e. The van der Waals surface area contributed by atoms with Gasteiger partial charge in [-0.15, -0.1) is 0 Å². The fraction of sp³-hybridized carbons (Fsp3) is 0.231. The van der Waals surface area contributed by atoms with Crippen LogP contribution in [0.15, 0.2) is 71.9 Å². The van der Waals surface area contributed by atoms with Crippen LogP contribution in [0.2, 0.25) is 0 Å². The van der Waals surface area contributed by atoms with Crippen LogP contribution in [-0.4, -0.2) is 47.9 Å². The monoisotopic (exact) mass is 540 g/mol. The van der Waals surface area contributed by atoms with Crippen LogP contribution in [0.4, 0.5) is 17.6 Å². The summed E-state index contributed by atoms with van der Waals surface area (Å²) in [5.41, 5.74) is 0.711. The van der Waals surface area contributed by atoms with Gasteiger partial charge in [0.15, 0.2) is 5.78 Å². The minimum absolute atomic E-state index is 0.230. The Hall–Kier alpha value is -3.77. The molecule has 1 atom stereocenters. The summed E-state index contributed by atoms with van der Waals surface area (Å²) < 4.78 is 57.6. The third-order valence-electron chi connectivity index (χ3n) is 6.90. The third-order valence-corrected chi connectivity index (χ3v) is 7.88. The molecule has 4 aromatic rings. The van der Waals surface area contributed by atoms with E-state index in [9.17, 15) is 22.4 Å². The number of hydrogen-bond donors (Lipinski definition) is 1. The van der Waals surface area contributed by atoms with Gasteiger partial charge in [-0.1, -0.05) is 5.57 Å². The van der Waals surface area contributed by atoms with Crippen molar-refractivity contribution in [2.45, 2.75) is 24.0 Å². The number of alkyl halides is 3. The lowest BCUT2D eigenvalue weighted by Crippen LogP contribution is -2.49. The number of imidazole rings is 1. The third kappa shape index (κ3) is 4.33. The highest BCUT2D eigenvalue weighted by Crippen LogP contribution is 2.48. The molecule has 194 valence electrons. The van der Waals surface area contributed by atoms with Crippen molar-refractivity contribution in [1.82, 2.24) is 29.0 Å². The second-order valence-electron chi connectivity index (χ2n) is 9.24. The summed E-state index contributed by atoms with van der Waals surface area (Å²) in [5.74, 6) is -0.838. The Balaban J connectivity index is 1.42. The Bertz CT molecular complexity index is 1530. The predicted octanol–water partition coefficient (Wildman–Crippen LogP) is 5.37. The van der Waals surface area contributed by atoms with Crippen LogP contribution >= 0.6 is 11.9 Å². The molecule has 0 saturated carbocycles. The Morgan fingerprint density at radius 2 is 1.95 bits per heavy atom. The number of rotatable bonds is 5. The maximum absolute atomic E-state index is 14.1. The van der Waals surface area contributed by atoms with E-state index in [1.54, 1.807) is 35.5 Å². The molecule has 38 heavy (non-hydrogen) atoms. The molecule has 1 aliphatic heterocycles. The molecule has 1 saturated heterocycles. The maximum atomic E-state index is 14.1. The fourth-order valence-corrected chi connectivity index (χ4v) is 6.04. The fourth-order valence-electron chi connectivity index (χ4n) is 5.09. The molecule has 6 rings (SSSR count). The van der Waals surface area contributed by atoms with Gasteiger partial charge in [0, 0.05) is 25.5 Å². The normalized spacial score (nSPS) is 19.5. The van der Waals surface area contributed by atoms with Gasteiger partial charge in [0.05, 0.1) is 34.9 Å². The second-order valence-corrected chi connectivity index (χ2v) is 10.4. The number of aromatic amines is 1. The van der Waals surface area contributed by atoms with Crippen LogP contribution < -0.4 is 0 Å². The van der Waals surface area contributed by atoms with Crippen LogP contribution in [0.25, 0.3) is 11.8 Å². The van der Waals surface area contributed by atoms with Gasteiger partial charge < -0.3 is 4.98 Å². The molecule has 0 spiro atoms. The molecule has 1 aliphatic carbocycles. The van der Waals surface area contributed by atoms with Crippen molar-refractivity contribution in [3.63, 3.8) is 0 Å². The zero-order chi connectivity index (χ0) is 26.5. The van der Waals surface area contributed by atoms with Gasteiger partial charge >= 0.3 is 6.18 Å². The number of nitrogens with zero attached hydrogens (tertiary/aromatic N) is 5. The molecular formula is C26H20F4N6OS. The minimum atomic E-state index is -4.60. The van der Waals surface area contributed by atoms with E-state index in [1.807, 2.05) is 10.4 Å². The molecule has 1 aromatic carbocycles. The van der Waals surface area contributed by atoms with Gasteiger partial charge in [-0.2, -0.15) is 18.3 Å². The molecule has 0 amide bonds. The van der Waals surface area contributed by atoms with Gasteiger partial charge in [-0.05, 0) is 72.8 Å². The summed E-state index contributed by atoms with van der Waals surface area (Å²) in [5, 5.41) is 5.21.